The molecule has 1 rings (SSSR count). The number of hydrogen-bond donors (Lipinski definition) is 1. The van der Waals surface area contributed by atoms with E-state index in [1.165, 1.54) is 35.4 Å². The number of hydrogen-bond acceptors (Lipinski definition) is 0. The smallest absolute Gasteiger partial charge is 0.0412 e. The topological polar surface area (TPSA) is 15.8 Å². The molecular formula is C13H21N. The quantitative estimate of drug-likeness (QED) is 0.752. The lowest BCUT2D eigenvalue weighted by molar-refractivity contribution is 0.793. The molecule has 0 aliphatic rings. The lowest BCUT2D eigenvalue weighted by Gasteiger charge is -1.93. The Morgan fingerprint density at radius 2 is 2.14 bits per heavy atom. The zero-order chi connectivity index (χ0) is 10.4. The van der Waals surface area contributed by atoms with Gasteiger partial charge in [0.05, 0.1) is 0 Å². The summed E-state index contributed by atoms with van der Waals surface area (Å²) in [5.41, 5.74) is 1.47. The van der Waals surface area contributed by atoms with Gasteiger partial charge in [-0.3, -0.25) is 0 Å². The van der Waals surface area contributed by atoms with Gasteiger partial charge in [-0.15, -0.1) is 0 Å². The Bertz CT molecular complexity index is 370. The number of aromatic nitrogens is 1. The van der Waals surface area contributed by atoms with Gasteiger partial charge in [0.25, 0.3) is 0 Å². The highest BCUT2D eigenvalue weighted by atomic mass is 14.7. The maximum atomic E-state index is 3.35. The molecule has 78 valence electrons. The van der Waals surface area contributed by atoms with Crippen LogP contribution >= 0.6 is 0 Å². The van der Waals surface area contributed by atoms with Crippen molar-refractivity contribution < 1.29 is 0 Å². The number of aromatic amines is 1. The number of rotatable bonds is 4. The Hall–Kier alpha value is -0.980. The first kappa shape index (κ1) is 11.1. The molecule has 0 amide bonds. The molecule has 1 nitrogen and oxygen atoms in total. The summed E-state index contributed by atoms with van der Waals surface area (Å²) in [5.74, 6) is 0. The fourth-order valence-electron chi connectivity index (χ4n) is 1.78. The first-order chi connectivity index (χ1) is 6.83. The Kier molecular flexibility index (Phi) is 4.51. The number of nitrogens with one attached hydrogen (secondary N) is 1. The minimum absolute atomic E-state index is 1.09. The van der Waals surface area contributed by atoms with Gasteiger partial charge in [-0.2, -0.15) is 0 Å². The summed E-state index contributed by atoms with van der Waals surface area (Å²) in [5, 5.41) is 2.70. The van der Waals surface area contributed by atoms with Crippen LogP contribution in [0.25, 0.3) is 12.2 Å². The maximum absolute atomic E-state index is 3.35. The molecule has 1 N–H and O–H groups in total. The molecule has 1 aromatic rings. The van der Waals surface area contributed by atoms with Crippen LogP contribution in [0.2, 0.25) is 0 Å². The SMILES string of the molecule is C/C=c1/c(CCCC)c[nH]/c1=C/CC. The van der Waals surface area contributed by atoms with Gasteiger partial charge in [0, 0.05) is 11.5 Å². The molecule has 14 heavy (non-hydrogen) atoms. The van der Waals surface area contributed by atoms with E-state index in [0.717, 1.165) is 6.42 Å². The predicted molar refractivity (Wildman–Crippen MR) is 63.5 cm³/mol. The lowest BCUT2D eigenvalue weighted by atomic mass is 10.1. The van der Waals surface area contributed by atoms with Crippen LogP contribution in [0.3, 0.4) is 0 Å². The second kappa shape index (κ2) is 5.69. The Morgan fingerprint density at radius 1 is 1.36 bits per heavy atom. The van der Waals surface area contributed by atoms with Crippen LogP contribution < -0.4 is 10.6 Å². The van der Waals surface area contributed by atoms with Crippen molar-refractivity contribution in [2.24, 2.45) is 0 Å². The van der Waals surface area contributed by atoms with E-state index in [9.17, 15) is 0 Å². The van der Waals surface area contributed by atoms with Gasteiger partial charge in [0.2, 0.25) is 0 Å². The highest BCUT2D eigenvalue weighted by Gasteiger charge is 1.97. The van der Waals surface area contributed by atoms with Gasteiger partial charge in [-0.05, 0) is 37.0 Å². The molecule has 0 bridgehead atoms. The third-order valence-corrected chi connectivity index (χ3v) is 2.53. The molecule has 0 atom stereocenters. The molecule has 1 aromatic heterocycles. The van der Waals surface area contributed by atoms with Crippen LogP contribution in [-0.4, -0.2) is 4.98 Å². The molecule has 0 saturated heterocycles. The fraction of sp³-hybridized carbons (Fsp3) is 0.538. The largest absolute Gasteiger partial charge is 0.361 e. The molecular weight excluding hydrogens is 170 g/mol. The van der Waals surface area contributed by atoms with Crippen LogP contribution in [-0.2, 0) is 6.42 Å². The van der Waals surface area contributed by atoms with Crippen molar-refractivity contribution in [3.63, 3.8) is 0 Å². The molecule has 0 spiro atoms. The van der Waals surface area contributed by atoms with E-state index in [0.29, 0.717) is 0 Å². The van der Waals surface area contributed by atoms with E-state index in [2.05, 4.69) is 44.1 Å². The van der Waals surface area contributed by atoms with Gasteiger partial charge in [-0.1, -0.05) is 32.4 Å². The predicted octanol–water partition coefficient (Wildman–Crippen LogP) is 2.35. The molecule has 0 saturated carbocycles. The monoisotopic (exact) mass is 191 g/mol. The summed E-state index contributed by atoms with van der Waals surface area (Å²) in [6.07, 6.45) is 11.5. The first-order valence-corrected chi connectivity index (χ1v) is 5.66. The summed E-state index contributed by atoms with van der Waals surface area (Å²) in [6, 6.07) is 0. The van der Waals surface area contributed by atoms with E-state index in [1.54, 1.807) is 0 Å². The van der Waals surface area contributed by atoms with Crippen molar-refractivity contribution in [2.45, 2.75) is 46.5 Å². The lowest BCUT2D eigenvalue weighted by Crippen LogP contribution is -2.24. The average Bonchev–Trinajstić information content (AvgIpc) is 2.58. The van der Waals surface area contributed by atoms with Crippen LogP contribution in [0, 0.1) is 0 Å². The van der Waals surface area contributed by atoms with Crippen LogP contribution in [0.5, 0.6) is 0 Å². The summed E-state index contributed by atoms with van der Waals surface area (Å²) in [4.78, 5) is 3.35. The van der Waals surface area contributed by atoms with Gasteiger partial charge in [0.15, 0.2) is 0 Å². The molecule has 1 heteroatoms. The fourth-order valence-corrected chi connectivity index (χ4v) is 1.78. The van der Waals surface area contributed by atoms with Gasteiger partial charge in [-0.25, -0.2) is 0 Å². The van der Waals surface area contributed by atoms with E-state index in [4.69, 9.17) is 0 Å². The Morgan fingerprint density at radius 3 is 2.71 bits per heavy atom. The van der Waals surface area contributed by atoms with E-state index in [-0.39, 0.29) is 0 Å². The highest BCUT2D eigenvalue weighted by Crippen LogP contribution is 1.96. The molecule has 0 unspecified atom stereocenters. The summed E-state index contributed by atoms with van der Waals surface area (Å²) in [7, 11) is 0. The second-order valence-corrected chi connectivity index (χ2v) is 3.65. The molecule has 1 heterocycles. The van der Waals surface area contributed by atoms with E-state index in [1.807, 2.05) is 0 Å². The Labute approximate surface area is 86.5 Å². The van der Waals surface area contributed by atoms with Crippen molar-refractivity contribution in [1.82, 2.24) is 4.98 Å². The summed E-state index contributed by atoms with van der Waals surface area (Å²) >= 11 is 0. The molecule has 0 fully saturated rings. The maximum Gasteiger partial charge on any atom is 0.0412 e. The Balaban J connectivity index is 3.03. The zero-order valence-electron chi connectivity index (χ0n) is 9.56. The van der Waals surface area contributed by atoms with E-state index >= 15 is 0 Å². The van der Waals surface area contributed by atoms with Gasteiger partial charge >= 0.3 is 0 Å². The average molecular weight is 191 g/mol. The normalized spacial score (nSPS) is 13.9. The third kappa shape index (κ3) is 2.50. The van der Waals surface area contributed by atoms with Crippen molar-refractivity contribution in [3.8, 4) is 0 Å². The van der Waals surface area contributed by atoms with Gasteiger partial charge in [0.1, 0.15) is 0 Å². The molecule has 0 aliphatic heterocycles. The van der Waals surface area contributed by atoms with Crippen LogP contribution in [0.1, 0.15) is 45.6 Å². The summed E-state index contributed by atoms with van der Waals surface area (Å²) < 4.78 is 0. The standard InChI is InChI=1S/C13H21N/c1-4-7-9-11-10-14-13(8-5-2)12(11)6-3/h6,8,10,14H,4-5,7,9H2,1-3H3/b12-6-,13-8+. The highest BCUT2D eigenvalue weighted by molar-refractivity contribution is 5.32. The van der Waals surface area contributed by atoms with Crippen molar-refractivity contribution >= 4 is 12.2 Å². The van der Waals surface area contributed by atoms with E-state index < -0.39 is 0 Å². The first-order valence-electron chi connectivity index (χ1n) is 5.66. The molecule has 0 aliphatic carbocycles. The second-order valence-electron chi connectivity index (χ2n) is 3.65. The minimum Gasteiger partial charge on any atom is -0.361 e. The number of H-pyrrole nitrogens is 1. The van der Waals surface area contributed by atoms with Crippen molar-refractivity contribution in [2.75, 3.05) is 0 Å². The number of unbranched alkanes of at least 4 members (excludes halogenated alkanes) is 1. The third-order valence-electron chi connectivity index (χ3n) is 2.53. The zero-order valence-corrected chi connectivity index (χ0v) is 9.56. The minimum atomic E-state index is 1.09. The van der Waals surface area contributed by atoms with Crippen molar-refractivity contribution in [1.29, 1.82) is 0 Å². The van der Waals surface area contributed by atoms with Gasteiger partial charge < -0.3 is 4.98 Å². The molecule has 0 radical (unpaired) electrons. The summed E-state index contributed by atoms with van der Waals surface area (Å²) in [6.45, 7) is 6.53. The number of aryl methyl sites for hydroxylation is 1. The van der Waals surface area contributed by atoms with Crippen LogP contribution in [0.4, 0.5) is 0 Å². The van der Waals surface area contributed by atoms with Crippen molar-refractivity contribution in [3.05, 3.63) is 22.3 Å². The molecule has 0 aromatic carbocycles. The van der Waals surface area contributed by atoms with Crippen LogP contribution in [0.15, 0.2) is 6.20 Å².